The van der Waals surface area contributed by atoms with E-state index in [1.165, 1.54) is 0 Å². The second kappa shape index (κ2) is 39.2. The van der Waals surface area contributed by atoms with Crippen molar-refractivity contribution < 1.29 is 71.5 Å². The van der Waals surface area contributed by atoms with Crippen molar-refractivity contribution in [1.82, 2.24) is 49.9 Å². The van der Waals surface area contributed by atoms with E-state index >= 15 is 0 Å². The summed E-state index contributed by atoms with van der Waals surface area (Å²) < 4.78 is 43.3. The highest BCUT2D eigenvalue weighted by Crippen LogP contribution is 2.37. The van der Waals surface area contributed by atoms with Gasteiger partial charge in [0.25, 0.3) is 0 Å². The summed E-state index contributed by atoms with van der Waals surface area (Å²) in [6.45, 7) is 11.9. The molecule has 0 amide bonds. The van der Waals surface area contributed by atoms with E-state index in [0.717, 1.165) is 16.7 Å². The maximum Gasteiger partial charge on any atom is 0.317 e. The highest BCUT2D eigenvalue weighted by Gasteiger charge is 2.38. The summed E-state index contributed by atoms with van der Waals surface area (Å²) in [4.78, 5) is 101. The molecule has 94 heavy (non-hydrogen) atoms. The molecule has 3 aromatic heterocycles. The zero-order chi connectivity index (χ0) is 69.0. The number of carbonyl (C=O) groups is 8. The fourth-order valence-electron chi connectivity index (χ4n) is 9.46. The number of esters is 7. The molecule has 5 atom stereocenters. The molecule has 0 bridgehead atoms. The topological polar surface area (TPSA) is 297 Å². The van der Waals surface area contributed by atoms with Gasteiger partial charge < -0.3 is 33.2 Å². The van der Waals surface area contributed by atoms with Crippen molar-refractivity contribution in [3.63, 3.8) is 0 Å². The van der Waals surface area contributed by atoms with Crippen LogP contribution in [0.5, 0.6) is 0 Å². The van der Waals surface area contributed by atoms with E-state index in [4.69, 9.17) is 33.2 Å². The van der Waals surface area contributed by atoms with Gasteiger partial charge in [0.05, 0.1) is 82.0 Å². The van der Waals surface area contributed by atoms with Crippen LogP contribution in [0, 0.1) is 16.2 Å². The van der Waals surface area contributed by atoms with Gasteiger partial charge in [0.1, 0.15) is 47.7 Å². The van der Waals surface area contributed by atoms with Crippen LogP contribution in [0.2, 0.25) is 0 Å². The Balaban J connectivity index is 0.00000308. The first kappa shape index (κ1) is 78.6. The zero-order valence-electron chi connectivity index (χ0n) is 53.0. The first-order valence-electron chi connectivity index (χ1n) is 29.5. The molecule has 6 aromatic rings. The van der Waals surface area contributed by atoms with Crippen LogP contribution in [0.3, 0.4) is 0 Å². The van der Waals surface area contributed by atoms with Crippen LogP contribution in [-0.4, -0.2) is 168 Å². The summed E-state index contributed by atoms with van der Waals surface area (Å²) >= 11 is 17.8. The van der Waals surface area contributed by atoms with Crippen LogP contribution < -0.4 is 0 Å². The Bertz CT molecular complexity index is 3240. The second-order valence-corrected chi connectivity index (χ2v) is 27.0. The van der Waals surface area contributed by atoms with Gasteiger partial charge in [0.2, 0.25) is 4.69 Å². The largest absolute Gasteiger partial charge is 0.466 e. The number of carbonyl (C=O) groups excluding carboxylic acids is 8. The Morgan fingerprint density at radius 3 is 0.968 bits per heavy atom. The molecule has 25 nitrogen and oxygen atoms in total. The first-order chi connectivity index (χ1) is 44.7. The number of nitrogens with zero attached hydrogens (tertiary/aromatic N) is 10. The summed E-state index contributed by atoms with van der Waals surface area (Å²) in [5.74, 6) is -3.95. The van der Waals surface area contributed by atoms with Crippen molar-refractivity contribution >= 4 is 142 Å². The summed E-state index contributed by atoms with van der Waals surface area (Å²) in [7, 11) is 0. The van der Waals surface area contributed by atoms with Gasteiger partial charge in [-0.2, -0.15) is 0 Å². The number of rotatable bonds is 37. The van der Waals surface area contributed by atoms with Crippen LogP contribution >= 0.6 is 95.6 Å². The molecule has 3 heterocycles. The molecule has 510 valence electrons. The molecule has 0 N–H and O–H groups in total. The molecule has 0 radical (unpaired) electrons. The molecule has 0 saturated carbocycles. The minimum atomic E-state index is -1.15. The minimum absolute atomic E-state index is 0.0162. The number of ether oxygens (including phenoxy) is 7. The molecule has 0 spiro atoms. The van der Waals surface area contributed by atoms with Gasteiger partial charge in [-0.05, 0) is 100 Å². The lowest BCUT2D eigenvalue weighted by Gasteiger charge is -2.29. The van der Waals surface area contributed by atoms with E-state index in [1.54, 1.807) is 48.7 Å². The smallest absolute Gasteiger partial charge is 0.317 e. The molecule has 0 saturated heterocycles. The number of hydrogen-bond donors (Lipinski definition) is 0. The molecule has 3 aromatic carbocycles. The quantitative estimate of drug-likeness (QED) is 0.0151. The standard InChI is InChI=1S/C61H74Br4N10O14.C2H2Br2O/c1-8-83-56(80)59(2,3)24-49(41-18-12-9-13-19-41)73-34-44(66-69-73)31-72(32-45-35-74(70-67-45)50(42-20-14-10-15-21-42)25-60(4,5)57(81)86-39-47(88-54(78)29-64)37-84-52(76)27-62)33-46-36-75(71-68-46)51(43-22-16-11-17-23-43)26-61(6,7)58(82)87-40-48(89-55(79)30-65)38-85-53(77)28-63;3-1-2(4)5/h9-23,34-36,47-51H,8,24-33,37-40H2,1-7H3;1H2. The van der Waals surface area contributed by atoms with E-state index < -0.39 is 82.4 Å². The molecule has 5 unspecified atom stereocenters. The fourth-order valence-corrected chi connectivity index (χ4v) is 10.0. The summed E-state index contributed by atoms with van der Waals surface area (Å²) in [6, 6.07) is 27.3. The van der Waals surface area contributed by atoms with Crippen molar-refractivity contribution in [2.75, 3.05) is 59.7 Å². The SMILES string of the molecule is CCOC(=O)C(C)(C)CC(c1ccccc1)n1cc(CN(Cc2cn(C(CC(C)(C)C(=O)OCC(COC(=O)CBr)OC(=O)CBr)c3ccccc3)nn2)Cc2cn(C(CC(C)(C)C(=O)OCC(COC(=O)CBr)OC(=O)CBr)c3ccccc3)nn2)nn1.O=C(Br)CBr. The second-order valence-electron chi connectivity index (χ2n) is 23.3. The van der Waals surface area contributed by atoms with E-state index in [0.29, 0.717) is 28.8 Å². The Morgan fingerprint density at radius 1 is 0.426 bits per heavy atom. The summed E-state index contributed by atoms with van der Waals surface area (Å²) in [5.41, 5.74) is 1.07. The summed E-state index contributed by atoms with van der Waals surface area (Å²) in [6.07, 6.45) is 4.10. The van der Waals surface area contributed by atoms with Crippen LogP contribution in [0.4, 0.5) is 0 Å². The van der Waals surface area contributed by atoms with Crippen LogP contribution in [0.15, 0.2) is 110 Å². The van der Waals surface area contributed by atoms with Crippen molar-refractivity contribution in [3.8, 4) is 0 Å². The van der Waals surface area contributed by atoms with E-state index in [2.05, 4.69) is 131 Å². The molecular formula is C63H76Br6N10O15. The normalized spacial score (nSPS) is 13.2. The van der Waals surface area contributed by atoms with Crippen molar-refractivity contribution in [2.45, 2.75) is 118 Å². The Kier molecular flexibility index (Phi) is 32.8. The van der Waals surface area contributed by atoms with Crippen molar-refractivity contribution in [3.05, 3.63) is 143 Å². The van der Waals surface area contributed by atoms with E-state index in [9.17, 15) is 38.4 Å². The first-order valence-corrected chi connectivity index (χ1v) is 35.9. The number of alkyl halides is 5. The highest BCUT2D eigenvalue weighted by molar-refractivity contribution is 9.19. The lowest BCUT2D eigenvalue weighted by molar-refractivity contribution is -0.168. The molecule has 0 aliphatic carbocycles. The van der Waals surface area contributed by atoms with Gasteiger partial charge in [0, 0.05) is 19.6 Å². The zero-order valence-corrected chi connectivity index (χ0v) is 62.5. The Hall–Kier alpha value is -6.12. The van der Waals surface area contributed by atoms with E-state index in [1.807, 2.05) is 123 Å². The maximum atomic E-state index is 14.0. The van der Waals surface area contributed by atoms with Gasteiger partial charge in [-0.25, -0.2) is 14.0 Å². The predicted octanol–water partition coefficient (Wildman–Crippen LogP) is 10.1. The average Bonchev–Trinajstić information content (AvgIpc) is 1.54. The Labute approximate surface area is 595 Å². The van der Waals surface area contributed by atoms with Crippen LogP contribution in [-0.2, 0) is 91.1 Å². The van der Waals surface area contributed by atoms with Gasteiger partial charge >= 0.3 is 41.8 Å². The number of halogens is 6. The number of hydrogen-bond acceptors (Lipinski definition) is 22. The monoisotopic (exact) mass is 1690 g/mol. The third-order valence-electron chi connectivity index (χ3n) is 14.2. The summed E-state index contributed by atoms with van der Waals surface area (Å²) in [5, 5.41) is 28.0. The Morgan fingerprint density at radius 2 is 0.702 bits per heavy atom. The fraction of sp³-hybridized carbons (Fsp3) is 0.492. The third kappa shape index (κ3) is 25.8. The maximum absolute atomic E-state index is 14.0. The van der Waals surface area contributed by atoms with Gasteiger partial charge in [0.15, 0.2) is 12.2 Å². The number of aromatic nitrogens is 9. The molecular weight excluding hydrogens is 1620 g/mol. The van der Waals surface area contributed by atoms with Gasteiger partial charge in [-0.15, -0.1) is 15.3 Å². The highest BCUT2D eigenvalue weighted by atomic mass is 79.9. The third-order valence-corrected chi connectivity index (χ3v) is 17.6. The minimum Gasteiger partial charge on any atom is -0.466 e. The molecule has 0 aliphatic heterocycles. The van der Waals surface area contributed by atoms with Crippen LogP contribution in [0.25, 0.3) is 0 Å². The molecule has 0 aliphatic rings. The van der Waals surface area contributed by atoms with Crippen molar-refractivity contribution in [2.24, 2.45) is 16.2 Å². The lowest BCUT2D eigenvalue weighted by atomic mass is 9.83. The number of benzene rings is 3. The van der Waals surface area contributed by atoms with Crippen molar-refractivity contribution in [1.29, 1.82) is 0 Å². The predicted molar refractivity (Wildman–Crippen MR) is 365 cm³/mol. The average molecular weight is 1690 g/mol. The lowest BCUT2D eigenvalue weighted by Crippen LogP contribution is -2.36. The molecule has 0 fully saturated rings. The molecule has 6 rings (SSSR count). The van der Waals surface area contributed by atoms with E-state index in [-0.39, 0.29) is 97.5 Å². The van der Waals surface area contributed by atoms with Gasteiger partial charge in [-0.1, -0.05) is 186 Å². The van der Waals surface area contributed by atoms with Crippen LogP contribution in [0.1, 0.15) is 120 Å². The van der Waals surface area contributed by atoms with Gasteiger partial charge in [-0.3, -0.25) is 43.3 Å². The molecule has 31 heteroatoms.